The van der Waals surface area contributed by atoms with Gasteiger partial charge in [0, 0.05) is 0 Å². The smallest absolute Gasteiger partial charge is 0.348 e. The van der Waals surface area contributed by atoms with Crippen LogP contribution in [0, 0.1) is 0 Å². The zero-order valence-electron chi connectivity index (χ0n) is 10.1. The molecule has 0 atom stereocenters. The van der Waals surface area contributed by atoms with Gasteiger partial charge in [-0.05, 0) is 11.6 Å². The second-order valence-electron chi connectivity index (χ2n) is 3.98. The molecule has 6 nitrogen and oxygen atoms in total. The molecule has 2 aromatic rings. The van der Waals surface area contributed by atoms with E-state index in [2.05, 4.69) is 25.9 Å². The molecule has 20 heavy (non-hydrogen) atoms. The Bertz CT molecular complexity index is 582. The van der Waals surface area contributed by atoms with Gasteiger partial charge in [0.05, 0.1) is 18.5 Å². The SMILES string of the molecule is O=C(Cc1cccc(C(F)(F)F)c1)NCc1nn[nH]n1. The number of rotatable bonds is 4. The molecular formula is C11H10F3N5O. The molecular weight excluding hydrogens is 275 g/mol. The number of aromatic amines is 1. The number of hydrogen-bond acceptors (Lipinski definition) is 4. The van der Waals surface area contributed by atoms with E-state index in [4.69, 9.17) is 0 Å². The van der Waals surface area contributed by atoms with Crippen molar-refractivity contribution < 1.29 is 18.0 Å². The Hall–Kier alpha value is -2.45. The summed E-state index contributed by atoms with van der Waals surface area (Å²) in [5.74, 6) is -0.128. The van der Waals surface area contributed by atoms with Crippen molar-refractivity contribution in [3.63, 3.8) is 0 Å². The molecule has 2 rings (SSSR count). The summed E-state index contributed by atoms with van der Waals surface area (Å²) < 4.78 is 37.5. The summed E-state index contributed by atoms with van der Waals surface area (Å²) in [6.45, 7) is 0.0638. The Balaban J connectivity index is 1.94. The Morgan fingerprint density at radius 1 is 1.35 bits per heavy atom. The number of amides is 1. The van der Waals surface area contributed by atoms with E-state index in [0.717, 1.165) is 12.1 Å². The number of carbonyl (C=O) groups is 1. The van der Waals surface area contributed by atoms with E-state index in [-0.39, 0.29) is 18.5 Å². The summed E-state index contributed by atoms with van der Waals surface area (Å²) >= 11 is 0. The van der Waals surface area contributed by atoms with Gasteiger partial charge in [-0.3, -0.25) is 4.79 Å². The summed E-state index contributed by atoms with van der Waals surface area (Å²) in [6.07, 6.45) is -4.57. The standard InChI is InChI=1S/C11H10F3N5O/c12-11(13,14)8-3-1-2-7(4-8)5-10(20)15-6-9-16-18-19-17-9/h1-4H,5-6H2,(H,15,20)(H,16,17,18,19). The highest BCUT2D eigenvalue weighted by Crippen LogP contribution is 2.29. The van der Waals surface area contributed by atoms with Crippen LogP contribution in [0.15, 0.2) is 24.3 Å². The van der Waals surface area contributed by atoms with Gasteiger partial charge in [0.15, 0.2) is 5.82 Å². The van der Waals surface area contributed by atoms with Crippen LogP contribution in [-0.4, -0.2) is 26.5 Å². The second kappa shape index (κ2) is 5.68. The van der Waals surface area contributed by atoms with Crippen LogP contribution in [-0.2, 0) is 23.9 Å². The minimum absolute atomic E-state index is 0.0638. The van der Waals surface area contributed by atoms with Crippen LogP contribution >= 0.6 is 0 Å². The molecule has 106 valence electrons. The Kier molecular flexibility index (Phi) is 3.97. The van der Waals surface area contributed by atoms with Gasteiger partial charge in [0.2, 0.25) is 5.91 Å². The number of aromatic nitrogens is 4. The van der Waals surface area contributed by atoms with E-state index in [0.29, 0.717) is 5.82 Å². The van der Waals surface area contributed by atoms with Crippen molar-refractivity contribution in [3.05, 3.63) is 41.2 Å². The molecule has 0 fully saturated rings. The van der Waals surface area contributed by atoms with Crippen molar-refractivity contribution in [1.82, 2.24) is 25.9 Å². The first-order chi connectivity index (χ1) is 9.45. The zero-order chi connectivity index (χ0) is 14.6. The van der Waals surface area contributed by atoms with E-state index in [1.54, 1.807) is 0 Å². The van der Waals surface area contributed by atoms with Gasteiger partial charge >= 0.3 is 6.18 Å². The van der Waals surface area contributed by atoms with Crippen molar-refractivity contribution in [2.75, 3.05) is 0 Å². The molecule has 9 heteroatoms. The maximum absolute atomic E-state index is 12.5. The Morgan fingerprint density at radius 2 is 2.15 bits per heavy atom. The predicted octanol–water partition coefficient (Wildman–Crippen LogP) is 1.08. The van der Waals surface area contributed by atoms with Crippen LogP contribution in [0.2, 0.25) is 0 Å². The van der Waals surface area contributed by atoms with Crippen LogP contribution in [0.5, 0.6) is 0 Å². The highest BCUT2D eigenvalue weighted by Gasteiger charge is 2.30. The lowest BCUT2D eigenvalue weighted by molar-refractivity contribution is -0.137. The normalized spacial score (nSPS) is 11.3. The molecule has 0 saturated carbocycles. The fourth-order valence-corrected chi connectivity index (χ4v) is 1.54. The minimum atomic E-state index is -4.42. The van der Waals surface area contributed by atoms with Crippen molar-refractivity contribution in [2.24, 2.45) is 0 Å². The number of hydrogen-bond donors (Lipinski definition) is 2. The number of H-pyrrole nitrogens is 1. The molecule has 1 aromatic carbocycles. The first-order valence-corrected chi connectivity index (χ1v) is 5.60. The zero-order valence-corrected chi connectivity index (χ0v) is 10.1. The number of tetrazole rings is 1. The van der Waals surface area contributed by atoms with Gasteiger partial charge in [-0.2, -0.15) is 18.4 Å². The fraction of sp³-hybridized carbons (Fsp3) is 0.273. The van der Waals surface area contributed by atoms with Crippen molar-refractivity contribution >= 4 is 5.91 Å². The van der Waals surface area contributed by atoms with E-state index in [1.165, 1.54) is 12.1 Å². The highest BCUT2D eigenvalue weighted by atomic mass is 19.4. The number of alkyl halides is 3. The summed E-state index contributed by atoms with van der Waals surface area (Å²) in [4.78, 5) is 11.6. The first-order valence-electron chi connectivity index (χ1n) is 5.60. The van der Waals surface area contributed by atoms with Crippen molar-refractivity contribution in [3.8, 4) is 0 Å². The van der Waals surface area contributed by atoms with Gasteiger partial charge in [-0.25, -0.2) is 0 Å². The third-order valence-electron chi connectivity index (χ3n) is 2.45. The Labute approximate surface area is 111 Å². The molecule has 0 radical (unpaired) electrons. The predicted molar refractivity (Wildman–Crippen MR) is 61.2 cm³/mol. The van der Waals surface area contributed by atoms with E-state index < -0.39 is 17.6 Å². The van der Waals surface area contributed by atoms with Gasteiger partial charge in [-0.15, -0.1) is 10.2 Å². The molecule has 1 aromatic heterocycles. The monoisotopic (exact) mass is 285 g/mol. The van der Waals surface area contributed by atoms with Crippen LogP contribution in [0.1, 0.15) is 17.0 Å². The van der Waals surface area contributed by atoms with E-state index in [9.17, 15) is 18.0 Å². The molecule has 1 amide bonds. The van der Waals surface area contributed by atoms with E-state index in [1.807, 2.05) is 0 Å². The van der Waals surface area contributed by atoms with Crippen LogP contribution < -0.4 is 5.32 Å². The second-order valence-corrected chi connectivity index (χ2v) is 3.98. The summed E-state index contributed by atoms with van der Waals surface area (Å²) in [5.41, 5.74) is -0.494. The summed E-state index contributed by atoms with van der Waals surface area (Å²) in [7, 11) is 0. The lowest BCUT2D eigenvalue weighted by Crippen LogP contribution is -2.25. The highest BCUT2D eigenvalue weighted by molar-refractivity contribution is 5.78. The molecule has 0 spiro atoms. The number of nitrogens with one attached hydrogen (secondary N) is 2. The lowest BCUT2D eigenvalue weighted by atomic mass is 10.1. The van der Waals surface area contributed by atoms with Crippen LogP contribution in [0.4, 0.5) is 13.2 Å². The lowest BCUT2D eigenvalue weighted by Gasteiger charge is -2.08. The fourth-order valence-electron chi connectivity index (χ4n) is 1.54. The molecule has 0 saturated heterocycles. The number of nitrogens with zero attached hydrogens (tertiary/aromatic N) is 3. The average Bonchev–Trinajstić information content (AvgIpc) is 2.89. The van der Waals surface area contributed by atoms with E-state index >= 15 is 0 Å². The molecule has 0 aliphatic rings. The third-order valence-corrected chi connectivity index (χ3v) is 2.45. The van der Waals surface area contributed by atoms with Crippen molar-refractivity contribution in [1.29, 1.82) is 0 Å². The van der Waals surface area contributed by atoms with Gasteiger partial charge < -0.3 is 5.32 Å². The van der Waals surface area contributed by atoms with Gasteiger partial charge in [0.1, 0.15) is 0 Å². The first kappa shape index (κ1) is 14.0. The largest absolute Gasteiger partial charge is 0.416 e. The number of benzene rings is 1. The number of halogens is 3. The average molecular weight is 285 g/mol. The van der Waals surface area contributed by atoms with Crippen molar-refractivity contribution in [2.45, 2.75) is 19.1 Å². The van der Waals surface area contributed by atoms with Gasteiger partial charge in [0.25, 0.3) is 0 Å². The topological polar surface area (TPSA) is 83.6 Å². The number of carbonyl (C=O) groups excluding carboxylic acids is 1. The maximum atomic E-state index is 12.5. The van der Waals surface area contributed by atoms with Gasteiger partial charge in [-0.1, -0.05) is 23.4 Å². The summed E-state index contributed by atoms with van der Waals surface area (Å²) in [5, 5.41) is 15.3. The maximum Gasteiger partial charge on any atom is 0.416 e. The molecule has 0 aliphatic carbocycles. The van der Waals surface area contributed by atoms with Crippen LogP contribution in [0.25, 0.3) is 0 Å². The molecule has 0 unspecified atom stereocenters. The summed E-state index contributed by atoms with van der Waals surface area (Å²) in [6, 6.07) is 4.64. The minimum Gasteiger partial charge on any atom is -0.348 e. The molecule has 0 bridgehead atoms. The third kappa shape index (κ3) is 3.77. The molecule has 0 aliphatic heterocycles. The Morgan fingerprint density at radius 3 is 2.80 bits per heavy atom. The quantitative estimate of drug-likeness (QED) is 0.880. The molecule has 1 heterocycles. The molecule has 2 N–H and O–H groups in total. The van der Waals surface area contributed by atoms with Crippen LogP contribution in [0.3, 0.4) is 0 Å².